The lowest BCUT2D eigenvalue weighted by molar-refractivity contribution is -0.131. The van der Waals surface area contributed by atoms with Crippen LogP contribution in [0.4, 0.5) is 0 Å². The van der Waals surface area contributed by atoms with Crippen molar-refractivity contribution in [3.8, 4) is 0 Å². The second-order valence-electron chi connectivity index (χ2n) is 6.11. The zero-order valence-electron chi connectivity index (χ0n) is 13.9. The molecule has 1 atom stereocenters. The molecule has 0 spiro atoms. The van der Waals surface area contributed by atoms with Gasteiger partial charge in [0.25, 0.3) is 0 Å². The fraction of sp³-hybridized carbons (Fsp3) is 0.556. The topological polar surface area (TPSA) is 32.3 Å². The van der Waals surface area contributed by atoms with Gasteiger partial charge in [-0.05, 0) is 44.0 Å². The number of nitrogens with one attached hydrogen (secondary N) is 1. The molecule has 1 aromatic rings. The van der Waals surface area contributed by atoms with Crippen molar-refractivity contribution < 1.29 is 4.79 Å². The first-order valence-corrected chi connectivity index (χ1v) is 9.12. The van der Waals surface area contributed by atoms with E-state index in [0.717, 1.165) is 44.2 Å². The Morgan fingerprint density at radius 1 is 1.39 bits per heavy atom. The molecule has 23 heavy (non-hydrogen) atoms. The minimum absolute atomic E-state index is 0.207. The SMILES string of the molecule is CCCCNC(=S)N(C)[C@@]1(c2ccccc2Cl)CCCCC1=O. The summed E-state index contributed by atoms with van der Waals surface area (Å²) < 4.78 is 0. The minimum atomic E-state index is -0.743. The summed E-state index contributed by atoms with van der Waals surface area (Å²) in [4.78, 5) is 14.9. The Morgan fingerprint density at radius 3 is 2.78 bits per heavy atom. The van der Waals surface area contributed by atoms with Crippen LogP contribution in [0.1, 0.15) is 51.0 Å². The van der Waals surface area contributed by atoms with E-state index in [0.29, 0.717) is 16.6 Å². The molecule has 0 heterocycles. The van der Waals surface area contributed by atoms with Crippen LogP contribution in [0, 0.1) is 0 Å². The molecule has 1 aliphatic carbocycles. The highest BCUT2D eigenvalue weighted by atomic mass is 35.5. The van der Waals surface area contributed by atoms with E-state index in [-0.39, 0.29) is 5.78 Å². The monoisotopic (exact) mass is 352 g/mol. The third kappa shape index (κ3) is 3.69. The van der Waals surface area contributed by atoms with Crippen molar-refractivity contribution in [3.05, 3.63) is 34.9 Å². The minimum Gasteiger partial charge on any atom is -0.363 e. The van der Waals surface area contributed by atoms with Gasteiger partial charge in [0, 0.05) is 30.6 Å². The summed E-state index contributed by atoms with van der Waals surface area (Å²) in [6, 6.07) is 7.63. The quantitative estimate of drug-likeness (QED) is 0.633. The summed E-state index contributed by atoms with van der Waals surface area (Å²) in [7, 11) is 1.91. The van der Waals surface area contributed by atoms with E-state index in [2.05, 4.69) is 12.2 Å². The average molecular weight is 353 g/mol. The standard InChI is InChI=1S/C18H25ClN2OS/c1-3-4-13-20-17(23)21(2)18(12-8-7-11-16(18)22)14-9-5-6-10-15(14)19/h5-6,9-10H,3-4,7-8,11-13H2,1-2H3,(H,20,23)/t18-/m1/s1. The molecule has 1 saturated carbocycles. The number of ketones is 1. The zero-order chi connectivity index (χ0) is 16.9. The highest BCUT2D eigenvalue weighted by Gasteiger charge is 2.46. The van der Waals surface area contributed by atoms with Gasteiger partial charge >= 0.3 is 0 Å². The van der Waals surface area contributed by atoms with Crippen LogP contribution in [0.3, 0.4) is 0 Å². The fourth-order valence-corrected chi connectivity index (χ4v) is 3.84. The largest absolute Gasteiger partial charge is 0.363 e. The fourth-order valence-electron chi connectivity index (χ4n) is 3.29. The smallest absolute Gasteiger partial charge is 0.169 e. The van der Waals surface area contributed by atoms with Crippen molar-refractivity contribution in [2.45, 2.75) is 51.0 Å². The van der Waals surface area contributed by atoms with Crippen molar-refractivity contribution in [1.82, 2.24) is 10.2 Å². The van der Waals surface area contributed by atoms with E-state index in [1.54, 1.807) is 0 Å². The second-order valence-corrected chi connectivity index (χ2v) is 6.91. The lowest BCUT2D eigenvalue weighted by atomic mass is 9.74. The highest BCUT2D eigenvalue weighted by molar-refractivity contribution is 7.80. The summed E-state index contributed by atoms with van der Waals surface area (Å²) in [6.07, 6.45) is 5.43. The molecule has 0 amide bonds. The maximum Gasteiger partial charge on any atom is 0.169 e. The van der Waals surface area contributed by atoms with Crippen LogP contribution in [-0.2, 0) is 10.3 Å². The van der Waals surface area contributed by atoms with Gasteiger partial charge in [0.1, 0.15) is 5.54 Å². The van der Waals surface area contributed by atoms with Crippen LogP contribution in [-0.4, -0.2) is 29.4 Å². The second kappa shape index (κ2) is 8.11. The Kier molecular flexibility index (Phi) is 6.42. The van der Waals surface area contributed by atoms with E-state index < -0.39 is 5.54 Å². The Bertz CT molecular complexity index is 578. The van der Waals surface area contributed by atoms with Crippen LogP contribution in [0.25, 0.3) is 0 Å². The van der Waals surface area contributed by atoms with E-state index in [4.69, 9.17) is 23.8 Å². The maximum absolute atomic E-state index is 13.0. The summed E-state index contributed by atoms with van der Waals surface area (Å²) in [5, 5.41) is 4.53. The molecule has 3 nitrogen and oxygen atoms in total. The number of thiocarbonyl (C=S) groups is 1. The number of rotatable bonds is 5. The Hall–Kier alpha value is -1.13. The normalized spacial score (nSPS) is 21.1. The van der Waals surface area contributed by atoms with Gasteiger partial charge < -0.3 is 10.2 Å². The molecule has 0 aliphatic heterocycles. The summed E-state index contributed by atoms with van der Waals surface area (Å²) >= 11 is 12.0. The number of likely N-dealkylation sites (N-methyl/N-ethyl adjacent to an activating group) is 1. The van der Waals surface area contributed by atoms with Crippen LogP contribution < -0.4 is 5.32 Å². The van der Waals surface area contributed by atoms with Crippen LogP contribution >= 0.6 is 23.8 Å². The molecule has 1 fully saturated rings. The van der Waals surface area contributed by atoms with Gasteiger partial charge in [-0.2, -0.15) is 0 Å². The van der Waals surface area contributed by atoms with Crippen molar-refractivity contribution in [2.75, 3.05) is 13.6 Å². The molecule has 0 radical (unpaired) electrons. The number of unbranched alkanes of at least 4 members (excludes halogenated alkanes) is 1. The van der Waals surface area contributed by atoms with Gasteiger partial charge in [0.2, 0.25) is 0 Å². The number of carbonyl (C=O) groups excluding carboxylic acids is 1. The van der Waals surface area contributed by atoms with Gasteiger partial charge in [0.05, 0.1) is 0 Å². The van der Waals surface area contributed by atoms with Gasteiger partial charge in [-0.25, -0.2) is 0 Å². The van der Waals surface area contributed by atoms with Gasteiger partial charge in [-0.1, -0.05) is 43.1 Å². The van der Waals surface area contributed by atoms with E-state index >= 15 is 0 Å². The van der Waals surface area contributed by atoms with E-state index in [1.807, 2.05) is 36.2 Å². The van der Waals surface area contributed by atoms with E-state index in [1.165, 1.54) is 0 Å². The molecular formula is C18H25ClN2OS. The predicted octanol–water partition coefficient (Wildman–Crippen LogP) is 4.28. The molecule has 2 rings (SSSR count). The first kappa shape index (κ1) is 18.2. The van der Waals surface area contributed by atoms with Crippen LogP contribution in [0.15, 0.2) is 24.3 Å². The van der Waals surface area contributed by atoms with Crippen LogP contribution in [0.5, 0.6) is 0 Å². The number of Topliss-reactive ketones (excluding diaryl/α,β-unsaturated/α-hetero) is 1. The van der Waals surface area contributed by atoms with Crippen molar-refractivity contribution >= 4 is 34.7 Å². The van der Waals surface area contributed by atoms with Crippen molar-refractivity contribution in [1.29, 1.82) is 0 Å². The first-order chi connectivity index (χ1) is 11.0. The number of benzene rings is 1. The molecule has 1 aromatic carbocycles. The molecule has 1 N–H and O–H groups in total. The molecule has 0 unspecified atom stereocenters. The summed E-state index contributed by atoms with van der Waals surface area (Å²) in [6.45, 7) is 2.97. The number of hydrogen-bond acceptors (Lipinski definition) is 2. The Balaban J connectivity index is 2.36. The molecule has 1 aliphatic rings. The molecule has 0 saturated heterocycles. The molecule has 0 aromatic heterocycles. The maximum atomic E-state index is 13.0. The van der Waals surface area contributed by atoms with Gasteiger partial charge in [0.15, 0.2) is 10.9 Å². The zero-order valence-corrected chi connectivity index (χ0v) is 15.5. The molecule has 5 heteroatoms. The molecular weight excluding hydrogens is 328 g/mol. The van der Waals surface area contributed by atoms with Gasteiger partial charge in [-0.15, -0.1) is 0 Å². The van der Waals surface area contributed by atoms with Crippen molar-refractivity contribution in [3.63, 3.8) is 0 Å². The number of hydrogen-bond donors (Lipinski definition) is 1. The molecule has 0 bridgehead atoms. The number of carbonyl (C=O) groups is 1. The third-order valence-electron chi connectivity index (χ3n) is 4.66. The lowest BCUT2D eigenvalue weighted by Gasteiger charge is -2.45. The van der Waals surface area contributed by atoms with E-state index in [9.17, 15) is 4.79 Å². The Morgan fingerprint density at radius 2 is 2.13 bits per heavy atom. The third-order valence-corrected chi connectivity index (χ3v) is 5.40. The first-order valence-electron chi connectivity index (χ1n) is 8.34. The number of nitrogens with zero attached hydrogens (tertiary/aromatic N) is 1. The molecule has 126 valence electrons. The average Bonchev–Trinajstić information content (AvgIpc) is 2.56. The van der Waals surface area contributed by atoms with Crippen molar-refractivity contribution in [2.24, 2.45) is 0 Å². The van der Waals surface area contributed by atoms with Crippen LogP contribution in [0.2, 0.25) is 5.02 Å². The highest BCUT2D eigenvalue weighted by Crippen LogP contribution is 2.42. The number of halogens is 1. The van der Waals surface area contributed by atoms with Gasteiger partial charge in [-0.3, -0.25) is 4.79 Å². The summed E-state index contributed by atoms with van der Waals surface area (Å²) in [5.41, 5.74) is 0.126. The summed E-state index contributed by atoms with van der Waals surface area (Å²) in [5.74, 6) is 0.207. The Labute approximate surface area is 149 Å². The lowest BCUT2D eigenvalue weighted by Crippen LogP contribution is -2.56. The predicted molar refractivity (Wildman–Crippen MR) is 99.9 cm³/mol.